The molecule has 21 heavy (non-hydrogen) atoms. The van der Waals surface area contributed by atoms with Crippen LogP contribution in [-0.4, -0.2) is 56.0 Å². The molecule has 8 nitrogen and oxygen atoms in total. The van der Waals surface area contributed by atoms with Crippen LogP contribution in [0.4, 0.5) is 10.5 Å². The average Bonchev–Trinajstić information content (AvgIpc) is 3.05. The summed E-state index contributed by atoms with van der Waals surface area (Å²) in [6.07, 6.45) is 0. The van der Waals surface area contributed by atoms with E-state index in [1.54, 1.807) is 17.0 Å². The molecule has 1 saturated heterocycles. The monoisotopic (exact) mass is 291 g/mol. The fraction of sp³-hybridized carbons (Fsp3) is 0.462. The fourth-order valence-electron chi connectivity index (χ4n) is 2.18. The smallest absolute Gasteiger partial charge is 0.343 e. The van der Waals surface area contributed by atoms with Crippen LogP contribution in [0.3, 0.4) is 0 Å². The first-order valence-corrected chi connectivity index (χ1v) is 6.75. The lowest BCUT2D eigenvalue weighted by Gasteiger charge is -2.28. The van der Waals surface area contributed by atoms with Gasteiger partial charge >= 0.3 is 6.03 Å². The van der Waals surface area contributed by atoms with Gasteiger partial charge in [-0.1, -0.05) is 0 Å². The minimum atomic E-state index is -0.141. The van der Waals surface area contributed by atoms with E-state index in [2.05, 4.69) is 10.4 Å². The van der Waals surface area contributed by atoms with Gasteiger partial charge in [-0.2, -0.15) is 5.01 Å². The van der Waals surface area contributed by atoms with Gasteiger partial charge in [0.2, 0.25) is 0 Å². The molecule has 1 fully saturated rings. The number of methoxy groups -OCH3 is 1. The molecule has 0 aliphatic carbocycles. The van der Waals surface area contributed by atoms with Gasteiger partial charge in [0.15, 0.2) is 0 Å². The summed E-state index contributed by atoms with van der Waals surface area (Å²) in [6.45, 7) is 2.63. The first-order chi connectivity index (χ1) is 10.3. The van der Waals surface area contributed by atoms with Crippen molar-refractivity contribution in [3.05, 3.63) is 24.3 Å². The number of hydrogen-bond donors (Lipinski definition) is 0. The number of carbonyl (C=O) groups is 1. The number of rotatable bonds is 2. The number of morpholine rings is 1. The minimum absolute atomic E-state index is 0.141. The van der Waals surface area contributed by atoms with Crippen molar-refractivity contribution in [2.24, 2.45) is 10.4 Å². The molecule has 112 valence electrons. The van der Waals surface area contributed by atoms with Crippen molar-refractivity contribution in [1.82, 2.24) is 9.91 Å². The Labute approximate surface area is 122 Å². The molecular formula is C13H17N5O3. The summed E-state index contributed by atoms with van der Waals surface area (Å²) in [5.41, 5.74) is 0.858. The highest BCUT2D eigenvalue weighted by atomic mass is 16.5. The summed E-state index contributed by atoms with van der Waals surface area (Å²) in [5.74, 6) is 0.774. The van der Waals surface area contributed by atoms with E-state index in [4.69, 9.17) is 9.47 Å². The van der Waals surface area contributed by atoms with Crippen molar-refractivity contribution in [3.8, 4) is 5.75 Å². The lowest BCUT2D eigenvalue weighted by Crippen LogP contribution is -2.47. The van der Waals surface area contributed by atoms with Gasteiger partial charge in [0, 0.05) is 13.1 Å². The molecule has 2 amide bonds. The van der Waals surface area contributed by atoms with Crippen LogP contribution >= 0.6 is 0 Å². The fourth-order valence-corrected chi connectivity index (χ4v) is 2.18. The molecule has 1 aromatic carbocycles. The van der Waals surface area contributed by atoms with Crippen LogP contribution in [0.15, 0.2) is 34.7 Å². The Bertz CT molecular complexity index is 527. The zero-order valence-corrected chi connectivity index (χ0v) is 11.8. The first kappa shape index (κ1) is 13.6. The summed E-state index contributed by atoms with van der Waals surface area (Å²) >= 11 is 0. The predicted molar refractivity (Wildman–Crippen MR) is 74.8 cm³/mol. The molecule has 0 N–H and O–H groups in total. The topological polar surface area (TPSA) is 70.0 Å². The van der Waals surface area contributed by atoms with Crippen molar-refractivity contribution >= 4 is 11.7 Å². The lowest BCUT2D eigenvalue weighted by atomic mass is 10.3. The number of carbonyl (C=O) groups excluding carboxylic acids is 1. The maximum atomic E-state index is 12.3. The van der Waals surface area contributed by atoms with Crippen LogP contribution in [0.1, 0.15) is 0 Å². The molecule has 0 atom stereocenters. The maximum Gasteiger partial charge on any atom is 0.343 e. The number of amides is 2. The van der Waals surface area contributed by atoms with Gasteiger partial charge in [0.05, 0.1) is 26.0 Å². The second kappa shape index (κ2) is 5.96. The maximum absolute atomic E-state index is 12.3. The van der Waals surface area contributed by atoms with Crippen LogP contribution < -0.4 is 9.75 Å². The van der Waals surface area contributed by atoms with E-state index in [0.717, 1.165) is 11.4 Å². The molecular weight excluding hydrogens is 274 g/mol. The van der Waals surface area contributed by atoms with Gasteiger partial charge in [-0.15, -0.1) is 0 Å². The summed E-state index contributed by atoms with van der Waals surface area (Å²) in [6, 6.07) is 7.30. The summed E-state index contributed by atoms with van der Waals surface area (Å²) < 4.78 is 10.4. The quantitative estimate of drug-likeness (QED) is 0.828. The SMILES string of the molecule is COc1ccc(N2CN(C(=O)N3CCOCC3)N=N2)cc1. The zero-order valence-electron chi connectivity index (χ0n) is 11.8. The van der Waals surface area contributed by atoms with E-state index in [9.17, 15) is 4.79 Å². The standard InChI is InChI=1S/C13H17N5O3/c1-20-12-4-2-11(3-5-12)17-10-18(15-14-17)13(19)16-6-8-21-9-7-16/h2-5H,6-10H2,1H3. The third kappa shape index (κ3) is 2.89. The lowest BCUT2D eigenvalue weighted by molar-refractivity contribution is 0.0443. The van der Waals surface area contributed by atoms with Crippen molar-refractivity contribution in [2.45, 2.75) is 0 Å². The highest BCUT2D eigenvalue weighted by Gasteiger charge is 2.28. The van der Waals surface area contributed by atoms with Crippen molar-refractivity contribution in [2.75, 3.05) is 45.1 Å². The predicted octanol–water partition coefficient (Wildman–Crippen LogP) is 1.51. The first-order valence-electron chi connectivity index (χ1n) is 6.75. The van der Waals surface area contributed by atoms with Crippen LogP contribution in [0.2, 0.25) is 0 Å². The largest absolute Gasteiger partial charge is 0.497 e. The average molecular weight is 291 g/mol. The molecule has 0 spiro atoms. The van der Waals surface area contributed by atoms with Gasteiger partial charge in [-0.3, -0.25) is 0 Å². The third-order valence-corrected chi connectivity index (χ3v) is 3.40. The van der Waals surface area contributed by atoms with E-state index in [1.165, 1.54) is 5.01 Å². The number of nitrogens with zero attached hydrogens (tertiary/aromatic N) is 5. The number of benzene rings is 1. The van der Waals surface area contributed by atoms with Crippen LogP contribution in [0.5, 0.6) is 5.75 Å². The van der Waals surface area contributed by atoms with Gasteiger partial charge in [-0.25, -0.2) is 9.80 Å². The van der Waals surface area contributed by atoms with E-state index in [-0.39, 0.29) is 6.03 Å². The number of urea groups is 1. The molecule has 0 aromatic heterocycles. The van der Waals surface area contributed by atoms with Gasteiger partial charge < -0.3 is 14.4 Å². The Morgan fingerprint density at radius 3 is 2.57 bits per heavy atom. The Kier molecular flexibility index (Phi) is 3.87. The molecule has 0 unspecified atom stereocenters. The van der Waals surface area contributed by atoms with Crippen LogP contribution in [0.25, 0.3) is 0 Å². The van der Waals surface area contributed by atoms with Crippen molar-refractivity contribution < 1.29 is 14.3 Å². The van der Waals surface area contributed by atoms with Gasteiger partial charge in [0.25, 0.3) is 0 Å². The summed E-state index contributed by atoms with van der Waals surface area (Å²) in [5, 5.41) is 11.0. The Morgan fingerprint density at radius 1 is 1.19 bits per heavy atom. The van der Waals surface area contributed by atoms with Gasteiger partial charge in [0.1, 0.15) is 12.4 Å². The Morgan fingerprint density at radius 2 is 1.90 bits per heavy atom. The molecule has 0 saturated carbocycles. The van der Waals surface area contributed by atoms with Gasteiger partial charge in [-0.05, 0) is 34.7 Å². The van der Waals surface area contributed by atoms with E-state index >= 15 is 0 Å². The molecule has 2 heterocycles. The second-order valence-corrected chi connectivity index (χ2v) is 4.70. The normalized spacial score (nSPS) is 18.2. The zero-order chi connectivity index (χ0) is 14.7. The molecule has 0 bridgehead atoms. The second-order valence-electron chi connectivity index (χ2n) is 4.70. The van der Waals surface area contributed by atoms with Crippen molar-refractivity contribution in [3.63, 3.8) is 0 Å². The Balaban J connectivity index is 1.62. The number of ether oxygens (including phenoxy) is 2. The highest BCUT2D eigenvalue weighted by molar-refractivity contribution is 5.74. The molecule has 2 aliphatic rings. The summed E-state index contributed by atoms with van der Waals surface area (Å²) in [7, 11) is 1.62. The van der Waals surface area contributed by atoms with E-state index in [1.807, 2.05) is 24.3 Å². The van der Waals surface area contributed by atoms with E-state index < -0.39 is 0 Å². The minimum Gasteiger partial charge on any atom is -0.497 e. The Hall–Kier alpha value is -2.35. The summed E-state index contributed by atoms with van der Waals surface area (Å²) in [4.78, 5) is 14.0. The molecule has 1 aromatic rings. The van der Waals surface area contributed by atoms with E-state index in [0.29, 0.717) is 33.0 Å². The third-order valence-electron chi connectivity index (χ3n) is 3.40. The van der Waals surface area contributed by atoms with Crippen molar-refractivity contribution in [1.29, 1.82) is 0 Å². The molecule has 3 rings (SSSR count). The number of anilines is 1. The molecule has 0 radical (unpaired) electrons. The molecule has 8 heteroatoms. The van der Waals surface area contributed by atoms with Crippen LogP contribution in [0, 0.1) is 0 Å². The van der Waals surface area contributed by atoms with Crippen LogP contribution in [-0.2, 0) is 4.74 Å². The number of hydrogen-bond acceptors (Lipinski definition) is 6. The molecule has 2 aliphatic heterocycles. The highest BCUT2D eigenvalue weighted by Crippen LogP contribution is 2.23.